The number of aromatic nitrogens is 2. The second-order valence-corrected chi connectivity index (χ2v) is 5.26. The molecular weight excluding hydrogens is 278 g/mol. The van der Waals surface area contributed by atoms with Crippen LogP contribution in [0.4, 0.5) is 11.6 Å². The van der Waals surface area contributed by atoms with Crippen molar-refractivity contribution in [3.8, 4) is 5.75 Å². The second kappa shape index (κ2) is 7.64. The molecule has 0 saturated heterocycles. The number of methoxy groups -OCH3 is 1. The van der Waals surface area contributed by atoms with Crippen LogP contribution in [-0.4, -0.2) is 17.1 Å². The van der Waals surface area contributed by atoms with Crippen LogP contribution in [0, 0.1) is 6.92 Å². The van der Waals surface area contributed by atoms with E-state index in [2.05, 4.69) is 22.2 Å². The molecule has 0 amide bonds. The van der Waals surface area contributed by atoms with Crippen LogP contribution in [0.15, 0.2) is 29.1 Å². The van der Waals surface area contributed by atoms with Gasteiger partial charge in [0.2, 0.25) is 5.95 Å². The molecule has 5 nitrogen and oxygen atoms in total. The average Bonchev–Trinajstić information content (AvgIpc) is 2.50. The molecule has 0 aliphatic heterocycles. The van der Waals surface area contributed by atoms with Gasteiger partial charge in [-0.1, -0.05) is 31.9 Å². The average molecular weight is 301 g/mol. The minimum atomic E-state index is -0.0685. The Hall–Kier alpha value is -2.30. The highest BCUT2D eigenvalue weighted by Crippen LogP contribution is 2.25. The number of unbranched alkanes of at least 4 members (excludes halogenated alkanes) is 2. The van der Waals surface area contributed by atoms with Crippen LogP contribution in [0.1, 0.15) is 37.4 Å². The van der Waals surface area contributed by atoms with E-state index in [-0.39, 0.29) is 5.56 Å². The summed E-state index contributed by atoms with van der Waals surface area (Å²) in [5, 5.41) is 3.11. The fourth-order valence-corrected chi connectivity index (χ4v) is 2.39. The van der Waals surface area contributed by atoms with E-state index in [0.29, 0.717) is 11.7 Å². The molecule has 0 aliphatic carbocycles. The van der Waals surface area contributed by atoms with E-state index in [1.54, 1.807) is 7.11 Å². The number of ether oxygens (including phenoxy) is 1. The minimum Gasteiger partial charge on any atom is -0.495 e. The minimum absolute atomic E-state index is 0.0685. The van der Waals surface area contributed by atoms with Gasteiger partial charge in [-0.05, 0) is 31.9 Å². The first kappa shape index (κ1) is 16.1. The van der Waals surface area contributed by atoms with Gasteiger partial charge in [-0.15, -0.1) is 0 Å². The van der Waals surface area contributed by atoms with Crippen molar-refractivity contribution >= 4 is 11.6 Å². The van der Waals surface area contributed by atoms with Crippen LogP contribution >= 0.6 is 0 Å². The number of benzene rings is 1. The molecule has 0 saturated carbocycles. The number of rotatable bonds is 7. The van der Waals surface area contributed by atoms with E-state index >= 15 is 0 Å². The molecule has 0 aliphatic rings. The van der Waals surface area contributed by atoms with Gasteiger partial charge < -0.3 is 10.1 Å². The lowest BCUT2D eigenvalue weighted by atomic mass is 10.1. The molecule has 1 heterocycles. The van der Waals surface area contributed by atoms with Crippen LogP contribution < -0.4 is 15.6 Å². The van der Waals surface area contributed by atoms with Crippen molar-refractivity contribution in [1.82, 2.24) is 9.97 Å². The zero-order valence-electron chi connectivity index (χ0n) is 13.4. The van der Waals surface area contributed by atoms with E-state index in [1.165, 1.54) is 0 Å². The summed E-state index contributed by atoms with van der Waals surface area (Å²) in [6.45, 7) is 4.03. The monoisotopic (exact) mass is 301 g/mol. The highest BCUT2D eigenvalue weighted by molar-refractivity contribution is 5.62. The third-order valence-electron chi connectivity index (χ3n) is 3.61. The first-order chi connectivity index (χ1) is 10.7. The number of H-pyrrole nitrogens is 1. The molecule has 0 unspecified atom stereocenters. The summed E-state index contributed by atoms with van der Waals surface area (Å²) in [6.07, 6.45) is 4.05. The third-order valence-corrected chi connectivity index (χ3v) is 3.61. The summed E-state index contributed by atoms with van der Waals surface area (Å²) >= 11 is 0. The van der Waals surface area contributed by atoms with Gasteiger partial charge in [-0.2, -0.15) is 0 Å². The Balaban J connectivity index is 2.21. The molecule has 0 bridgehead atoms. The Bertz CT molecular complexity index is 680. The fourth-order valence-electron chi connectivity index (χ4n) is 2.39. The van der Waals surface area contributed by atoms with Crippen LogP contribution in [0.25, 0.3) is 0 Å². The highest BCUT2D eigenvalue weighted by atomic mass is 16.5. The zero-order chi connectivity index (χ0) is 15.9. The normalized spacial score (nSPS) is 10.5. The lowest BCUT2D eigenvalue weighted by Gasteiger charge is -2.11. The Morgan fingerprint density at radius 1 is 1.27 bits per heavy atom. The molecule has 0 atom stereocenters. The van der Waals surface area contributed by atoms with Crippen molar-refractivity contribution in [1.29, 1.82) is 0 Å². The molecule has 22 heavy (non-hydrogen) atoms. The molecular formula is C17H23N3O2. The molecule has 0 fully saturated rings. The number of anilines is 2. The van der Waals surface area contributed by atoms with Crippen molar-refractivity contribution in [2.45, 2.75) is 39.5 Å². The molecule has 1 aromatic carbocycles. The largest absolute Gasteiger partial charge is 0.495 e. The van der Waals surface area contributed by atoms with Gasteiger partial charge in [0.15, 0.2) is 0 Å². The topological polar surface area (TPSA) is 67.0 Å². The number of para-hydroxylation sites is 2. The van der Waals surface area contributed by atoms with Crippen molar-refractivity contribution in [3.63, 3.8) is 0 Å². The first-order valence-electron chi connectivity index (χ1n) is 7.65. The lowest BCUT2D eigenvalue weighted by molar-refractivity contribution is 0.417. The molecule has 2 aromatic rings. The number of aryl methyl sites for hydroxylation is 1. The number of nitrogens with zero attached hydrogens (tertiary/aromatic N) is 1. The molecule has 2 rings (SSSR count). The molecule has 0 radical (unpaired) electrons. The summed E-state index contributed by atoms with van der Waals surface area (Å²) in [5.74, 6) is 1.14. The molecule has 118 valence electrons. The third kappa shape index (κ3) is 3.87. The quantitative estimate of drug-likeness (QED) is 0.767. The van der Waals surface area contributed by atoms with Crippen LogP contribution in [0.3, 0.4) is 0 Å². The maximum absolute atomic E-state index is 12.2. The predicted molar refractivity (Wildman–Crippen MR) is 89.1 cm³/mol. The molecule has 0 spiro atoms. The van der Waals surface area contributed by atoms with Crippen LogP contribution in [-0.2, 0) is 6.42 Å². The molecule has 1 aromatic heterocycles. The smallest absolute Gasteiger partial charge is 0.255 e. The first-order valence-corrected chi connectivity index (χ1v) is 7.65. The van der Waals surface area contributed by atoms with Crippen molar-refractivity contribution in [3.05, 3.63) is 45.9 Å². The summed E-state index contributed by atoms with van der Waals surface area (Å²) < 4.78 is 5.28. The van der Waals surface area contributed by atoms with Gasteiger partial charge in [0.05, 0.1) is 12.8 Å². The van der Waals surface area contributed by atoms with E-state index in [1.807, 2.05) is 31.2 Å². The van der Waals surface area contributed by atoms with Gasteiger partial charge in [0.1, 0.15) is 5.75 Å². The van der Waals surface area contributed by atoms with Gasteiger partial charge in [-0.25, -0.2) is 4.98 Å². The lowest BCUT2D eigenvalue weighted by Crippen LogP contribution is -2.18. The number of hydrogen-bond donors (Lipinski definition) is 2. The number of aromatic amines is 1. The zero-order valence-corrected chi connectivity index (χ0v) is 13.4. The van der Waals surface area contributed by atoms with Crippen molar-refractivity contribution < 1.29 is 4.74 Å². The standard InChI is InChI=1S/C17H23N3O2/c1-4-5-6-9-13-12(2)18-17(20-16(13)21)19-14-10-7-8-11-15(14)22-3/h7-8,10-11H,4-6,9H2,1-3H3,(H2,18,19,20,21). The Morgan fingerprint density at radius 3 is 2.73 bits per heavy atom. The Labute approximate surface area is 130 Å². The SMILES string of the molecule is CCCCCc1c(C)nc(Nc2ccccc2OC)[nH]c1=O. The summed E-state index contributed by atoms with van der Waals surface area (Å²) in [7, 11) is 1.61. The molecule has 5 heteroatoms. The van der Waals surface area contributed by atoms with E-state index in [0.717, 1.165) is 42.6 Å². The second-order valence-electron chi connectivity index (χ2n) is 5.26. The number of nitrogens with one attached hydrogen (secondary N) is 2. The fraction of sp³-hybridized carbons (Fsp3) is 0.412. The van der Waals surface area contributed by atoms with E-state index in [4.69, 9.17) is 4.74 Å². The summed E-state index contributed by atoms with van der Waals surface area (Å²) in [5.41, 5.74) is 2.25. The van der Waals surface area contributed by atoms with Gasteiger partial charge in [-0.3, -0.25) is 9.78 Å². The summed E-state index contributed by atoms with van der Waals surface area (Å²) in [4.78, 5) is 19.5. The van der Waals surface area contributed by atoms with E-state index < -0.39 is 0 Å². The van der Waals surface area contributed by atoms with Crippen LogP contribution in [0.2, 0.25) is 0 Å². The predicted octanol–water partition coefficient (Wildman–Crippen LogP) is 3.56. The maximum atomic E-state index is 12.2. The van der Waals surface area contributed by atoms with Gasteiger partial charge >= 0.3 is 0 Å². The Kier molecular flexibility index (Phi) is 5.58. The molecule has 2 N–H and O–H groups in total. The van der Waals surface area contributed by atoms with E-state index in [9.17, 15) is 4.79 Å². The van der Waals surface area contributed by atoms with Gasteiger partial charge in [0, 0.05) is 11.3 Å². The Morgan fingerprint density at radius 2 is 2.05 bits per heavy atom. The summed E-state index contributed by atoms with van der Waals surface area (Å²) in [6, 6.07) is 7.52. The number of hydrogen-bond acceptors (Lipinski definition) is 4. The van der Waals surface area contributed by atoms with Gasteiger partial charge in [0.25, 0.3) is 5.56 Å². The highest BCUT2D eigenvalue weighted by Gasteiger charge is 2.09. The maximum Gasteiger partial charge on any atom is 0.255 e. The van der Waals surface area contributed by atoms with Crippen molar-refractivity contribution in [2.75, 3.05) is 12.4 Å². The van der Waals surface area contributed by atoms with Crippen molar-refractivity contribution in [2.24, 2.45) is 0 Å². The van der Waals surface area contributed by atoms with Crippen LogP contribution in [0.5, 0.6) is 5.75 Å².